The highest BCUT2D eigenvalue weighted by Gasteiger charge is 2.09. The van der Waals surface area contributed by atoms with Crippen molar-refractivity contribution in [2.45, 2.75) is 6.92 Å². The summed E-state index contributed by atoms with van der Waals surface area (Å²) in [6.45, 7) is 1.94. The standard InChI is InChI=1S/C13H10F2O/c1-9-5-7-10(8-6-9)16-12-4-2-3-11(14)13(12)15/h2-8H,1H3. The molecule has 0 unspecified atom stereocenters. The number of halogens is 2. The highest BCUT2D eigenvalue weighted by Crippen LogP contribution is 2.25. The van der Waals surface area contributed by atoms with Gasteiger partial charge in [-0.05, 0) is 31.2 Å². The van der Waals surface area contributed by atoms with Crippen molar-refractivity contribution >= 4 is 0 Å². The van der Waals surface area contributed by atoms with Gasteiger partial charge in [0.2, 0.25) is 5.82 Å². The molecule has 0 aliphatic rings. The Hall–Kier alpha value is -1.90. The van der Waals surface area contributed by atoms with E-state index in [2.05, 4.69) is 0 Å². The van der Waals surface area contributed by atoms with E-state index in [1.165, 1.54) is 12.1 Å². The van der Waals surface area contributed by atoms with Crippen molar-refractivity contribution < 1.29 is 13.5 Å². The van der Waals surface area contributed by atoms with Crippen molar-refractivity contribution in [3.63, 3.8) is 0 Å². The highest BCUT2D eigenvalue weighted by atomic mass is 19.2. The SMILES string of the molecule is Cc1ccc(Oc2cccc(F)c2F)cc1. The van der Waals surface area contributed by atoms with Crippen molar-refractivity contribution in [1.29, 1.82) is 0 Å². The van der Waals surface area contributed by atoms with Crippen molar-refractivity contribution in [2.75, 3.05) is 0 Å². The van der Waals surface area contributed by atoms with Crippen LogP contribution in [0, 0.1) is 18.6 Å². The molecule has 0 fully saturated rings. The quantitative estimate of drug-likeness (QED) is 0.741. The summed E-state index contributed by atoms with van der Waals surface area (Å²) in [4.78, 5) is 0. The van der Waals surface area contributed by atoms with Crippen LogP contribution in [-0.4, -0.2) is 0 Å². The lowest BCUT2D eigenvalue weighted by Crippen LogP contribution is -1.91. The Morgan fingerprint density at radius 3 is 2.31 bits per heavy atom. The first kappa shape index (κ1) is 10.6. The van der Waals surface area contributed by atoms with Crippen LogP contribution in [0.25, 0.3) is 0 Å². The van der Waals surface area contributed by atoms with E-state index in [4.69, 9.17) is 4.74 Å². The summed E-state index contributed by atoms with van der Waals surface area (Å²) in [5.41, 5.74) is 1.08. The molecule has 0 heterocycles. The van der Waals surface area contributed by atoms with E-state index in [1.54, 1.807) is 12.1 Å². The van der Waals surface area contributed by atoms with E-state index in [1.807, 2.05) is 19.1 Å². The smallest absolute Gasteiger partial charge is 0.201 e. The van der Waals surface area contributed by atoms with Gasteiger partial charge in [0, 0.05) is 0 Å². The van der Waals surface area contributed by atoms with Gasteiger partial charge in [-0.2, -0.15) is 4.39 Å². The molecular formula is C13H10F2O. The van der Waals surface area contributed by atoms with Gasteiger partial charge in [-0.1, -0.05) is 23.8 Å². The summed E-state index contributed by atoms with van der Waals surface area (Å²) in [6.07, 6.45) is 0. The number of benzene rings is 2. The zero-order chi connectivity index (χ0) is 11.5. The summed E-state index contributed by atoms with van der Waals surface area (Å²) < 4.78 is 31.4. The van der Waals surface area contributed by atoms with Crippen LogP contribution < -0.4 is 4.74 Å². The Balaban J connectivity index is 2.27. The molecule has 2 aromatic rings. The lowest BCUT2D eigenvalue weighted by atomic mass is 10.2. The third-order valence-corrected chi connectivity index (χ3v) is 2.16. The maximum atomic E-state index is 13.3. The van der Waals surface area contributed by atoms with Crippen LogP contribution in [0.2, 0.25) is 0 Å². The normalized spacial score (nSPS) is 10.2. The fraction of sp³-hybridized carbons (Fsp3) is 0.0769. The molecule has 2 aromatic carbocycles. The Bertz CT molecular complexity index is 492. The van der Waals surface area contributed by atoms with Gasteiger partial charge in [-0.3, -0.25) is 0 Å². The van der Waals surface area contributed by atoms with Crippen LogP contribution in [-0.2, 0) is 0 Å². The van der Waals surface area contributed by atoms with Crippen LogP contribution in [0.3, 0.4) is 0 Å². The Morgan fingerprint density at radius 1 is 0.938 bits per heavy atom. The summed E-state index contributed by atoms with van der Waals surface area (Å²) in [7, 11) is 0. The largest absolute Gasteiger partial charge is 0.454 e. The molecule has 2 rings (SSSR count). The maximum Gasteiger partial charge on any atom is 0.201 e. The third-order valence-electron chi connectivity index (χ3n) is 2.16. The van der Waals surface area contributed by atoms with Crippen LogP contribution >= 0.6 is 0 Å². The zero-order valence-electron chi connectivity index (χ0n) is 8.71. The van der Waals surface area contributed by atoms with Gasteiger partial charge >= 0.3 is 0 Å². The van der Waals surface area contributed by atoms with Gasteiger partial charge < -0.3 is 4.74 Å². The first-order chi connectivity index (χ1) is 7.66. The predicted octanol–water partition coefficient (Wildman–Crippen LogP) is 4.07. The van der Waals surface area contributed by atoms with E-state index >= 15 is 0 Å². The van der Waals surface area contributed by atoms with E-state index in [0.717, 1.165) is 11.6 Å². The molecule has 0 amide bonds. The summed E-state index contributed by atoms with van der Waals surface area (Å²) in [5.74, 6) is -1.51. The number of hydrogen-bond donors (Lipinski definition) is 0. The van der Waals surface area contributed by atoms with Crippen LogP contribution in [0.4, 0.5) is 8.78 Å². The van der Waals surface area contributed by atoms with Crippen molar-refractivity contribution in [2.24, 2.45) is 0 Å². The molecule has 0 aliphatic heterocycles. The zero-order valence-corrected chi connectivity index (χ0v) is 8.71. The van der Waals surface area contributed by atoms with E-state index in [9.17, 15) is 8.78 Å². The number of ether oxygens (including phenoxy) is 1. The third kappa shape index (κ3) is 2.19. The molecule has 0 saturated heterocycles. The van der Waals surface area contributed by atoms with Crippen LogP contribution in [0.5, 0.6) is 11.5 Å². The van der Waals surface area contributed by atoms with Crippen LogP contribution in [0.1, 0.15) is 5.56 Å². The molecule has 3 heteroatoms. The second-order valence-corrected chi connectivity index (χ2v) is 3.47. The molecule has 0 radical (unpaired) electrons. The minimum atomic E-state index is -0.969. The predicted molar refractivity (Wildman–Crippen MR) is 57.6 cm³/mol. The fourth-order valence-corrected chi connectivity index (χ4v) is 1.30. The van der Waals surface area contributed by atoms with Gasteiger partial charge in [-0.25, -0.2) is 4.39 Å². The molecule has 16 heavy (non-hydrogen) atoms. The minimum absolute atomic E-state index is 0.108. The topological polar surface area (TPSA) is 9.23 Å². The van der Waals surface area contributed by atoms with Crippen molar-refractivity contribution in [3.8, 4) is 11.5 Å². The first-order valence-corrected chi connectivity index (χ1v) is 4.85. The Morgan fingerprint density at radius 2 is 1.62 bits per heavy atom. The molecule has 0 atom stereocenters. The summed E-state index contributed by atoms with van der Waals surface area (Å²) >= 11 is 0. The minimum Gasteiger partial charge on any atom is -0.454 e. The molecule has 0 bridgehead atoms. The first-order valence-electron chi connectivity index (χ1n) is 4.85. The molecule has 0 aliphatic carbocycles. The van der Waals surface area contributed by atoms with E-state index in [-0.39, 0.29) is 5.75 Å². The highest BCUT2D eigenvalue weighted by molar-refractivity contribution is 5.33. The molecule has 1 nitrogen and oxygen atoms in total. The van der Waals surface area contributed by atoms with Crippen LogP contribution in [0.15, 0.2) is 42.5 Å². The fourth-order valence-electron chi connectivity index (χ4n) is 1.30. The molecule has 0 spiro atoms. The molecule has 0 saturated carbocycles. The van der Waals surface area contributed by atoms with Gasteiger partial charge in [0.05, 0.1) is 0 Å². The Labute approximate surface area is 92.3 Å². The van der Waals surface area contributed by atoms with E-state index < -0.39 is 11.6 Å². The van der Waals surface area contributed by atoms with Gasteiger partial charge in [0.1, 0.15) is 5.75 Å². The lowest BCUT2D eigenvalue weighted by molar-refractivity contribution is 0.416. The summed E-state index contributed by atoms with van der Waals surface area (Å²) in [6, 6.07) is 10.9. The summed E-state index contributed by atoms with van der Waals surface area (Å²) in [5, 5.41) is 0. The van der Waals surface area contributed by atoms with Gasteiger partial charge in [0.15, 0.2) is 11.6 Å². The number of aryl methyl sites for hydroxylation is 1. The Kier molecular flexibility index (Phi) is 2.86. The molecular weight excluding hydrogens is 210 g/mol. The average molecular weight is 220 g/mol. The molecule has 0 N–H and O–H groups in total. The van der Waals surface area contributed by atoms with Crippen molar-refractivity contribution in [1.82, 2.24) is 0 Å². The van der Waals surface area contributed by atoms with E-state index in [0.29, 0.717) is 5.75 Å². The second-order valence-electron chi connectivity index (χ2n) is 3.47. The second kappa shape index (κ2) is 4.31. The van der Waals surface area contributed by atoms with Gasteiger partial charge in [0.25, 0.3) is 0 Å². The van der Waals surface area contributed by atoms with Crippen molar-refractivity contribution in [3.05, 3.63) is 59.7 Å². The lowest BCUT2D eigenvalue weighted by Gasteiger charge is -2.06. The monoisotopic (exact) mass is 220 g/mol. The number of hydrogen-bond acceptors (Lipinski definition) is 1. The number of rotatable bonds is 2. The average Bonchev–Trinajstić information content (AvgIpc) is 2.28. The van der Waals surface area contributed by atoms with Gasteiger partial charge in [-0.15, -0.1) is 0 Å². The molecule has 0 aromatic heterocycles. The molecule has 82 valence electrons. The maximum absolute atomic E-state index is 13.3.